The molecule has 0 radical (unpaired) electrons. The fraction of sp³-hybridized carbons (Fsp3) is 0.250. The normalized spacial score (nSPS) is 10.7. The third-order valence-electron chi connectivity index (χ3n) is 2.29. The molecule has 1 aromatic carbocycles. The lowest BCUT2D eigenvalue weighted by atomic mass is 10.1. The molecule has 0 atom stereocenters. The zero-order valence-electron chi connectivity index (χ0n) is 9.25. The molecule has 84 valence electrons. The van der Waals surface area contributed by atoms with Crippen LogP contribution in [0.4, 0.5) is 4.39 Å². The van der Waals surface area contributed by atoms with E-state index in [1.165, 1.54) is 12.1 Å². The van der Waals surface area contributed by atoms with Crippen LogP contribution in [-0.2, 0) is 6.54 Å². The van der Waals surface area contributed by atoms with Gasteiger partial charge in [0.25, 0.3) is 0 Å². The number of halogens is 1. The predicted octanol–water partition coefficient (Wildman–Crippen LogP) is 2.98. The lowest BCUT2D eigenvalue weighted by Gasteiger charge is -1.97. The molecular weight excluding hydrogens is 223 g/mol. The van der Waals surface area contributed by atoms with E-state index < -0.39 is 0 Å². The van der Waals surface area contributed by atoms with Crippen LogP contribution in [0.1, 0.15) is 9.88 Å². The Hall–Kier alpha value is -1.26. The smallest absolute Gasteiger partial charge is 0.123 e. The molecule has 0 bridgehead atoms. The topological polar surface area (TPSA) is 24.9 Å². The standard InChI is InChI=1S/C12H13FN2S/c1-8-12(15-11(16-8)7-14-2)9-3-5-10(13)6-4-9/h3-6,14H,7H2,1-2H3. The highest BCUT2D eigenvalue weighted by molar-refractivity contribution is 7.12. The van der Waals surface area contributed by atoms with Crippen molar-refractivity contribution in [3.8, 4) is 11.3 Å². The van der Waals surface area contributed by atoms with E-state index >= 15 is 0 Å². The van der Waals surface area contributed by atoms with Gasteiger partial charge in [0.15, 0.2) is 0 Å². The fourth-order valence-corrected chi connectivity index (χ4v) is 2.52. The molecule has 16 heavy (non-hydrogen) atoms. The van der Waals surface area contributed by atoms with Crippen LogP contribution in [0.25, 0.3) is 11.3 Å². The van der Waals surface area contributed by atoms with Crippen LogP contribution >= 0.6 is 11.3 Å². The molecule has 0 amide bonds. The number of benzene rings is 1. The Kier molecular flexibility index (Phi) is 3.31. The maximum absolute atomic E-state index is 12.8. The van der Waals surface area contributed by atoms with Crippen molar-refractivity contribution in [1.82, 2.24) is 10.3 Å². The number of nitrogens with one attached hydrogen (secondary N) is 1. The van der Waals surface area contributed by atoms with E-state index in [4.69, 9.17) is 0 Å². The molecule has 0 spiro atoms. The van der Waals surface area contributed by atoms with Crippen molar-refractivity contribution in [3.63, 3.8) is 0 Å². The second-order valence-electron chi connectivity index (χ2n) is 3.55. The highest BCUT2D eigenvalue weighted by Crippen LogP contribution is 2.27. The van der Waals surface area contributed by atoms with Crippen LogP contribution < -0.4 is 5.32 Å². The van der Waals surface area contributed by atoms with Gasteiger partial charge in [-0.15, -0.1) is 11.3 Å². The first kappa shape index (κ1) is 11.2. The summed E-state index contributed by atoms with van der Waals surface area (Å²) < 4.78 is 12.8. The molecule has 0 aliphatic carbocycles. The van der Waals surface area contributed by atoms with Crippen LogP contribution in [0.15, 0.2) is 24.3 Å². The molecule has 4 heteroatoms. The van der Waals surface area contributed by atoms with Gasteiger partial charge in [-0.1, -0.05) is 0 Å². The molecule has 2 rings (SSSR count). The Morgan fingerprint density at radius 2 is 2.00 bits per heavy atom. The lowest BCUT2D eigenvalue weighted by molar-refractivity contribution is 0.628. The summed E-state index contributed by atoms with van der Waals surface area (Å²) in [5, 5.41) is 4.13. The zero-order valence-corrected chi connectivity index (χ0v) is 10.1. The Morgan fingerprint density at radius 3 is 2.62 bits per heavy atom. The van der Waals surface area contributed by atoms with E-state index in [9.17, 15) is 4.39 Å². The van der Waals surface area contributed by atoms with Gasteiger partial charge in [0, 0.05) is 17.0 Å². The predicted molar refractivity (Wildman–Crippen MR) is 65.0 cm³/mol. The van der Waals surface area contributed by atoms with Gasteiger partial charge in [-0.3, -0.25) is 0 Å². The molecule has 0 unspecified atom stereocenters. The fourth-order valence-electron chi connectivity index (χ4n) is 1.55. The number of rotatable bonds is 3. The molecule has 1 aromatic heterocycles. The van der Waals surface area contributed by atoms with Crippen molar-refractivity contribution in [2.24, 2.45) is 0 Å². The summed E-state index contributed by atoms with van der Waals surface area (Å²) in [5.74, 6) is -0.216. The summed E-state index contributed by atoms with van der Waals surface area (Å²) in [6.07, 6.45) is 0. The summed E-state index contributed by atoms with van der Waals surface area (Å²) in [4.78, 5) is 5.70. The summed E-state index contributed by atoms with van der Waals surface area (Å²) in [5.41, 5.74) is 1.92. The molecule has 2 aromatic rings. The molecule has 0 fully saturated rings. The largest absolute Gasteiger partial charge is 0.314 e. The molecule has 2 nitrogen and oxygen atoms in total. The van der Waals surface area contributed by atoms with Crippen LogP contribution in [0.5, 0.6) is 0 Å². The number of thiazole rings is 1. The van der Waals surface area contributed by atoms with Crippen molar-refractivity contribution >= 4 is 11.3 Å². The average Bonchev–Trinajstić information content (AvgIpc) is 2.61. The number of nitrogens with zero attached hydrogens (tertiary/aromatic N) is 1. The van der Waals surface area contributed by atoms with Crippen molar-refractivity contribution in [2.75, 3.05) is 7.05 Å². The molecular formula is C12H13FN2S. The Balaban J connectivity index is 2.36. The van der Waals surface area contributed by atoms with E-state index in [0.717, 1.165) is 27.7 Å². The second-order valence-corrected chi connectivity index (χ2v) is 4.84. The molecule has 0 aliphatic rings. The highest BCUT2D eigenvalue weighted by Gasteiger charge is 2.09. The first-order chi connectivity index (χ1) is 7.70. The molecule has 1 heterocycles. The molecule has 1 N–H and O–H groups in total. The van der Waals surface area contributed by atoms with Gasteiger partial charge in [0.2, 0.25) is 0 Å². The summed E-state index contributed by atoms with van der Waals surface area (Å²) in [6, 6.07) is 6.46. The lowest BCUT2D eigenvalue weighted by Crippen LogP contribution is -2.04. The highest BCUT2D eigenvalue weighted by atomic mass is 32.1. The minimum atomic E-state index is -0.216. The Bertz CT molecular complexity index is 476. The van der Waals surface area contributed by atoms with E-state index in [1.807, 2.05) is 14.0 Å². The number of aromatic nitrogens is 1. The second kappa shape index (κ2) is 4.72. The van der Waals surface area contributed by atoms with Gasteiger partial charge in [0.05, 0.1) is 5.69 Å². The van der Waals surface area contributed by atoms with Crippen molar-refractivity contribution in [3.05, 3.63) is 40.0 Å². The third-order valence-corrected chi connectivity index (χ3v) is 3.26. The van der Waals surface area contributed by atoms with E-state index in [2.05, 4.69) is 10.3 Å². The number of aryl methyl sites for hydroxylation is 1. The summed E-state index contributed by atoms with van der Waals surface area (Å²) in [7, 11) is 1.90. The van der Waals surface area contributed by atoms with Crippen LogP contribution in [0.3, 0.4) is 0 Å². The first-order valence-corrected chi connectivity index (χ1v) is 5.89. The summed E-state index contributed by atoms with van der Waals surface area (Å²) >= 11 is 1.67. The van der Waals surface area contributed by atoms with Gasteiger partial charge >= 0.3 is 0 Å². The van der Waals surface area contributed by atoms with Crippen molar-refractivity contribution < 1.29 is 4.39 Å². The molecule has 0 saturated heterocycles. The van der Waals surface area contributed by atoms with Gasteiger partial charge < -0.3 is 5.32 Å². The van der Waals surface area contributed by atoms with E-state index in [1.54, 1.807) is 23.5 Å². The zero-order chi connectivity index (χ0) is 11.5. The molecule has 0 aliphatic heterocycles. The average molecular weight is 236 g/mol. The van der Waals surface area contributed by atoms with Crippen LogP contribution in [-0.4, -0.2) is 12.0 Å². The van der Waals surface area contributed by atoms with Crippen molar-refractivity contribution in [2.45, 2.75) is 13.5 Å². The number of hydrogen-bond donors (Lipinski definition) is 1. The maximum atomic E-state index is 12.8. The minimum absolute atomic E-state index is 0.216. The minimum Gasteiger partial charge on any atom is -0.314 e. The quantitative estimate of drug-likeness (QED) is 0.886. The van der Waals surface area contributed by atoms with E-state index in [-0.39, 0.29) is 5.82 Å². The Morgan fingerprint density at radius 1 is 1.31 bits per heavy atom. The van der Waals surface area contributed by atoms with Gasteiger partial charge in [0.1, 0.15) is 10.8 Å². The van der Waals surface area contributed by atoms with Crippen LogP contribution in [0.2, 0.25) is 0 Å². The van der Waals surface area contributed by atoms with Gasteiger partial charge in [-0.2, -0.15) is 0 Å². The monoisotopic (exact) mass is 236 g/mol. The van der Waals surface area contributed by atoms with Crippen LogP contribution in [0, 0.1) is 12.7 Å². The first-order valence-electron chi connectivity index (χ1n) is 5.07. The third kappa shape index (κ3) is 2.28. The number of hydrogen-bond acceptors (Lipinski definition) is 3. The SMILES string of the molecule is CNCc1nc(-c2ccc(F)cc2)c(C)s1. The summed E-state index contributed by atoms with van der Waals surface area (Å²) in [6.45, 7) is 2.81. The molecule has 0 saturated carbocycles. The van der Waals surface area contributed by atoms with Gasteiger partial charge in [-0.25, -0.2) is 9.37 Å². The maximum Gasteiger partial charge on any atom is 0.123 e. The Labute approximate surface area is 98.2 Å². The van der Waals surface area contributed by atoms with Crippen molar-refractivity contribution in [1.29, 1.82) is 0 Å². The van der Waals surface area contributed by atoms with E-state index in [0.29, 0.717) is 0 Å². The van der Waals surface area contributed by atoms with Gasteiger partial charge in [-0.05, 0) is 38.2 Å².